The first-order valence-electron chi connectivity index (χ1n) is 6.83. The quantitative estimate of drug-likeness (QED) is 0.719. The van der Waals surface area contributed by atoms with Crippen LogP contribution in [-0.4, -0.2) is 24.4 Å². The smallest absolute Gasteiger partial charge is 0.183 e. The number of benzene rings is 2. The standard InChI is InChI=1S/C16H16N4OS/c1-20(2)12-9-7-11(8-10-12)17-16(22)18-15-13-5-3-4-6-14(13)21-19-15/h3-10H,1-2H3,(H2,17,18,19,22). The number of nitrogens with zero attached hydrogens (tertiary/aromatic N) is 2. The fourth-order valence-electron chi connectivity index (χ4n) is 2.09. The maximum Gasteiger partial charge on any atom is 0.183 e. The Morgan fingerprint density at radius 1 is 1.05 bits per heavy atom. The molecule has 5 nitrogen and oxygen atoms in total. The summed E-state index contributed by atoms with van der Waals surface area (Å²) < 4.78 is 5.24. The van der Waals surface area contributed by atoms with Crippen molar-refractivity contribution in [3.63, 3.8) is 0 Å². The van der Waals surface area contributed by atoms with Crippen LogP contribution in [0.1, 0.15) is 0 Å². The van der Waals surface area contributed by atoms with Gasteiger partial charge in [-0.2, -0.15) is 0 Å². The van der Waals surface area contributed by atoms with E-state index < -0.39 is 0 Å². The van der Waals surface area contributed by atoms with Gasteiger partial charge in [-0.05, 0) is 48.6 Å². The minimum absolute atomic E-state index is 0.469. The van der Waals surface area contributed by atoms with Crippen LogP contribution in [0.3, 0.4) is 0 Å². The molecule has 112 valence electrons. The van der Waals surface area contributed by atoms with Gasteiger partial charge in [-0.25, -0.2) is 0 Å². The molecule has 0 saturated heterocycles. The van der Waals surface area contributed by atoms with Gasteiger partial charge in [0.2, 0.25) is 0 Å². The Hall–Kier alpha value is -2.60. The SMILES string of the molecule is CN(C)c1ccc(NC(=S)Nc2noc3ccccc23)cc1. The summed E-state index contributed by atoms with van der Waals surface area (Å²) in [4.78, 5) is 2.04. The van der Waals surface area contributed by atoms with E-state index in [1.165, 1.54) is 0 Å². The Morgan fingerprint density at radius 3 is 2.50 bits per heavy atom. The topological polar surface area (TPSA) is 53.3 Å². The Balaban J connectivity index is 1.69. The second kappa shape index (κ2) is 6.03. The number of anilines is 3. The largest absolute Gasteiger partial charge is 0.378 e. The molecule has 0 radical (unpaired) electrons. The molecule has 0 bridgehead atoms. The first kappa shape index (κ1) is 14.3. The van der Waals surface area contributed by atoms with Gasteiger partial charge in [0.05, 0.1) is 5.39 Å². The molecule has 1 heterocycles. The third-order valence-corrected chi connectivity index (χ3v) is 3.46. The highest BCUT2D eigenvalue weighted by molar-refractivity contribution is 7.80. The number of para-hydroxylation sites is 1. The Bertz CT molecular complexity index is 795. The maximum absolute atomic E-state index is 5.32. The van der Waals surface area contributed by atoms with Gasteiger partial charge in [-0.3, -0.25) is 0 Å². The van der Waals surface area contributed by atoms with Crippen molar-refractivity contribution in [1.82, 2.24) is 5.16 Å². The molecular formula is C16H16N4OS. The second-order valence-corrected chi connectivity index (χ2v) is 5.46. The van der Waals surface area contributed by atoms with Crippen molar-refractivity contribution >= 4 is 45.5 Å². The van der Waals surface area contributed by atoms with E-state index in [1.54, 1.807) is 0 Å². The van der Waals surface area contributed by atoms with Gasteiger partial charge >= 0.3 is 0 Å². The van der Waals surface area contributed by atoms with Crippen LogP contribution in [0.15, 0.2) is 53.1 Å². The van der Waals surface area contributed by atoms with E-state index in [9.17, 15) is 0 Å². The van der Waals surface area contributed by atoms with Crippen molar-refractivity contribution in [3.8, 4) is 0 Å². The van der Waals surface area contributed by atoms with Crippen LogP contribution in [0.2, 0.25) is 0 Å². The van der Waals surface area contributed by atoms with Gasteiger partial charge in [0, 0.05) is 25.5 Å². The Kier molecular flexibility index (Phi) is 3.93. The minimum atomic E-state index is 0.469. The molecule has 3 rings (SSSR count). The van der Waals surface area contributed by atoms with Gasteiger partial charge in [-0.1, -0.05) is 17.3 Å². The predicted molar refractivity (Wildman–Crippen MR) is 94.6 cm³/mol. The highest BCUT2D eigenvalue weighted by Gasteiger charge is 2.08. The van der Waals surface area contributed by atoms with Crippen molar-refractivity contribution in [1.29, 1.82) is 0 Å². The third kappa shape index (κ3) is 3.01. The molecule has 0 aliphatic heterocycles. The number of thiocarbonyl (C=S) groups is 1. The van der Waals surface area contributed by atoms with Crippen LogP contribution in [0.25, 0.3) is 11.0 Å². The van der Waals surface area contributed by atoms with E-state index in [2.05, 4.69) is 15.8 Å². The highest BCUT2D eigenvalue weighted by atomic mass is 32.1. The summed E-state index contributed by atoms with van der Waals surface area (Å²) in [5.41, 5.74) is 2.77. The van der Waals surface area contributed by atoms with Gasteiger partial charge in [0.25, 0.3) is 0 Å². The average Bonchev–Trinajstić information content (AvgIpc) is 2.91. The molecule has 1 aromatic heterocycles. The van der Waals surface area contributed by atoms with Crippen LogP contribution in [0, 0.1) is 0 Å². The van der Waals surface area contributed by atoms with Crippen LogP contribution >= 0.6 is 12.2 Å². The number of rotatable bonds is 3. The summed E-state index contributed by atoms with van der Waals surface area (Å²) in [5, 5.41) is 11.5. The normalized spacial score (nSPS) is 10.5. The van der Waals surface area contributed by atoms with E-state index in [4.69, 9.17) is 16.7 Å². The molecule has 22 heavy (non-hydrogen) atoms. The number of hydrogen-bond donors (Lipinski definition) is 2. The van der Waals surface area contributed by atoms with Crippen molar-refractivity contribution in [2.24, 2.45) is 0 Å². The molecule has 0 spiro atoms. The molecule has 6 heteroatoms. The van der Waals surface area contributed by atoms with Gasteiger partial charge in [0.15, 0.2) is 16.5 Å². The first-order valence-corrected chi connectivity index (χ1v) is 7.24. The Morgan fingerprint density at radius 2 is 1.77 bits per heavy atom. The fourth-order valence-corrected chi connectivity index (χ4v) is 2.30. The minimum Gasteiger partial charge on any atom is -0.378 e. The summed E-state index contributed by atoms with van der Waals surface area (Å²) in [6, 6.07) is 15.6. The molecule has 0 unspecified atom stereocenters. The molecule has 0 amide bonds. The fraction of sp³-hybridized carbons (Fsp3) is 0.125. The van der Waals surface area contributed by atoms with Crippen molar-refractivity contribution in [3.05, 3.63) is 48.5 Å². The van der Waals surface area contributed by atoms with E-state index in [-0.39, 0.29) is 0 Å². The van der Waals surface area contributed by atoms with Crippen molar-refractivity contribution < 1.29 is 4.52 Å². The van der Waals surface area contributed by atoms with E-state index in [0.29, 0.717) is 10.9 Å². The molecule has 0 atom stereocenters. The maximum atomic E-state index is 5.32. The molecule has 0 saturated carbocycles. The molecule has 2 N–H and O–H groups in total. The molecule has 0 aliphatic rings. The second-order valence-electron chi connectivity index (χ2n) is 5.05. The molecular weight excluding hydrogens is 296 g/mol. The number of hydrogen-bond acceptors (Lipinski definition) is 4. The zero-order chi connectivity index (χ0) is 15.5. The first-order chi connectivity index (χ1) is 10.6. The van der Waals surface area contributed by atoms with Crippen LogP contribution in [0.4, 0.5) is 17.2 Å². The average molecular weight is 312 g/mol. The lowest BCUT2D eigenvalue weighted by atomic mass is 10.2. The number of fused-ring (bicyclic) bond motifs is 1. The van der Waals surface area contributed by atoms with E-state index in [0.717, 1.165) is 22.3 Å². The monoisotopic (exact) mass is 312 g/mol. The summed E-state index contributed by atoms with van der Waals surface area (Å²) in [5.74, 6) is 0.609. The van der Waals surface area contributed by atoms with Gasteiger partial charge in [0.1, 0.15) is 0 Å². The van der Waals surface area contributed by atoms with Gasteiger partial charge < -0.3 is 20.1 Å². The summed E-state index contributed by atoms with van der Waals surface area (Å²) in [6.07, 6.45) is 0. The van der Waals surface area contributed by atoms with E-state index >= 15 is 0 Å². The number of nitrogens with one attached hydrogen (secondary N) is 2. The zero-order valence-electron chi connectivity index (χ0n) is 12.3. The molecule has 3 aromatic rings. The van der Waals surface area contributed by atoms with Gasteiger partial charge in [-0.15, -0.1) is 0 Å². The van der Waals surface area contributed by atoms with E-state index in [1.807, 2.05) is 67.5 Å². The molecule has 2 aromatic carbocycles. The lowest BCUT2D eigenvalue weighted by Gasteiger charge is -2.13. The zero-order valence-corrected chi connectivity index (χ0v) is 13.1. The van der Waals surface area contributed by atoms with Crippen LogP contribution in [0.5, 0.6) is 0 Å². The Labute approximate surface area is 133 Å². The third-order valence-electron chi connectivity index (χ3n) is 3.25. The predicted octanol–water partition coefficient (Wildman–Crippen LogP) is 3.70. The summed E-state index contributed by atoms with van der Waals surface area (Å²) in [7, 11) is 4.01. The highest BCUT2D eigenvalue weighted by Crippen LogP contribution is 2.22. The number of aromatic nitrogens is 1. The molecule has 0 aliphatic carbocycles. The van der Waals surface area contributed by atoms with Crippen molar-refractivity contribution in [2.75, 3.05) is 29.6 Å². The van der Waals surface area contributed by atoms with Crippen LogP contribution < -0.4 is 15.5 Å². The molecule has 0 fully saturated rings. The van der Waals surface area contributed by atoms with Crippen LogP contribution in [-0.2, 0) is 0 Å². The lowest BCUT2D eigenvalue weighted by molar-refractivity contribution is 0.460. The lowest BCUT2D eigenvalue weighted by Crippen LogP contribution is -2.19. The summed E-state index contributed by atoms with van der Waals surface area (Å²) >= 11 is 5.32. The van der Waals surface area contributed by atoms with Crippen molar-refractivity contribution in [2.45, 2.75) is 0 Å². The summed E-state index contributed by atoms with van der Waals surface area (Å²) in [6.45, 7) is 0.